The average molecular weight is 258 g/mol. The van der Waals surface area contributed by atoms with Crippen molar-refractivity contribution in [2.45, 2.75) is 31.2 Å². The maximum absolute atomic E-state index is 13.3. The van der Waals surface area contributed by atoms with Gasteiger partial charge in [-0.1, -0.05) is 18.9 Å². The molecular weight excluding hydrogens is 245 g/mol. The molecule has 0 atom stereocenters. The molecule has 0 amide bonds. The van der Waals surface area contributed by atoms with E-state index in [1.54, 1.807) is 12.1 Å². The molecule has 1 saturated carbocycles. The first-order valence-corrected chi connectivity index (χ1v) is 5.65. The van der Waals surface area contributed by atoms with E-state index < -0.39 is 0 Å². The maximum atomic E-state index is 13.3. The molecule has 14 heavy (non-hydrogen) atoms. The van der Waals surface area contributed by atoms with Crippen molar-refractivity contribution >= 4 is 15.9 Å². The van der Waals surface area contributed by atoms with Crippen LogP contribution in [0.25, 0.3) is 0 Å². The highest BCUT2D eigenvalue weighted by atomic mass is 79.9. The van der Waals surface area contributed by atoms with Gasteiger partial charge < -0.3 is 5.73 Å². The Morgan fingerprint density at radius 2 is 1.93 bits per heavy atom. The maximum Gasteiger partial charge on any atom is 0.137 e. The van der Waals surface area contributed by atoms with E-state index in [1.807, 2.05) is 6.07 Å². The molecule has 1 aliphatic carbocycles. The topological polar surface area (TPSA) is 26.0 Å². The molecule has 0 bridgehead atoms. The van der Waals surface area contributed by atoms with Crippen LogP contribution in [-0.2, 0) is 5.54 Å². The summed E-state index contributed by atoms with van der Waals surface area (Å²) in [6.07, 6.45) is 4.23. The highest BCUT2D eigenvalue weighted by Gasteiger charge is 2.31. The molecule has 0 heterocycles. The second kappa shape index (κ2) is 3.63. The highest BCUT2D eigenvalue weighted by Crippen LogP contribution is 2.37. The van der Waals surface area contributed by atoms with Crippen molar-refractivity contribution < 1.29 is 4.39 Å². The summed E-state index contributed by atoms with van der Waals surface area (Å²) >= 11 is 3.14. The monoisotopic (exact) mass is 257 g/mol. The molecule has 0 aromatic heterocycles. The van der Waals surface area contributed by atoms with Gasteiger partial charge in [-0.2, -0.15) is 0 Å². The van der Waals surface area contributed by atoms with Gasteiger partial charge in [0.05, 0.1) is 4.47 Å². The quantitative estimate of drug-likeness (QED) is 0.821. The minimum absolute atomic E-state index is 0.223. The van der Waals surface area contributed by atoms with Crippen LogP contribution in [0, 0.1) is 5.82 Å². The third kappa shape index (κ3) is 1.71. The fourth-order valence-corrected chi connectivity index (χ4v) is 2.35. The van der Waals surface area contributed by atoms with Crippen LogP contribution in [0.4, 0.5) is 4.39 Å². The van der Waals surface area contributed by atoms with Crippen LogP contribution in [0.3, 0.4) is 0 Å². The molecule has 0 saturated heterocycles. The van der Waals surface area contributed by atoms with Crippen molar-refractivity contribution in [1.29, 1.82) is 0 Å². The summed E-state index contributed by atoms with van der Waals surface area (Å²) in [5.74, 6) is -0.223. The van der Waals surface area contributed by atoms with E-state index in [9.17, 15) is 4.39 Å². The summed E-state index contributed by atoms with van der Waals surface area (Å²) in [4.78, 5) is 0. The first-order chi connectivity index (χ1) is 6.62. The van der Waals surface area contributed by atoms with Gasteiger partial charge in [0.2, 0.25) is 0 Å². The molecule has 0 aliphatic heterocycles. The number of nitrogens with two attached hydrogens (primary N) is 1. The van der Waals surface area contributed by atoms with Gasteiger partial charge in [-0.25, -0.2) is 4.39 Å². The van der Waals surface area contributed by atoms with E-state index in [-0.39, 0.29) is 11.4 Å². The molecule has 1 fully saturated rings. The molecule has 0 spiro atoms. The predicted molar refractivity (Wildman–Crippen MR) is 58.4 cm³/mol. The molecule has 1 aromatic carbocycles. The molecule has 1 nitrogen and oxygen atoms in total. The van der Waals surface area contributed by atoms with Crippen molar-refractivity contribution in [3.8, 4) is 0 Å². The Balaban J connectivity index is 2.36. The standard InChI is InChI=1S/C11H13BrFN/c12-9-4-3-8(7-10(9)13)11(14)5-1-2-6-11/h3-4,7H,1-2,5-6,14H2. The average Bonchev–Trinajstić information content (AvgIpc) is 2.58. The Hall–Kier alpha value is -0.410. The van der Waals surface area contributed by atoms with E-state index >= 15 is 0 Å². The zero-order chi connectivity index (χ0) is 10.2. The summed E-state index contributed by atoms with van der Waals surface area (Å²) in [6, 6.07) is 5.20. The minimum Gasteiger partial charge on any atom is -0.321 e. The smallest absolute Gasteiger partial charge is 0.137 e. The lowest BCUT2D eigenvalue weighted by molar-refractivity contribution is 0.457. The number of hydrogen-bond donors (Lipinski definition) is 1. The summed E-state index contributed by atoms with van der Waals surface area (Å²) < 4.78 is 13.8. The molecule has 2 N–H and O–H groups in total. The number of halogens is 2. The van der Waals surface area contributed by atoms with Gasteiger partial charge in [-0.15, -0.1) is 0 Å². The number of rotatable bonds is 1. The zero-order valence-electron chi connectivity index (χ0n) is 7.89. The first kappa shape index (κ1) is 10.1. The highest BCUT2D eigenvalue weighted by molar-refractivity contribution is 9.10. The first-order valence-electron chi connectivity index (χ1n) is 4.86. The summed E-state index contributed by atoms with van der Waals surface area (Å²) in [5, 5.41) is 0. The lowest BCUT2D eigenvalue weighted by Gasteiger charge is -2.24. The normalized spacial score (nSPS) is 19.9. The Kier molecular flexibility index (Phi) is 2.62. The van der Waals surface area contributed by atoms with Crippen LogP contribution < -0.4 is 5.73 Å². The van der Waals surface area contributed by atoms with Gasteiger partial charge in [-0.3, -0.25) is 0 Å². The van der Waals surface area contributed by atoms with Crippen molar-refractivity contribution in [2.24, 2.45) is 5.73 Å². The second-order valence-electron chi connectivity index (χ2n) is 3.99. The SMILES string of the molecule is NC1(c2ccc(Br)c(F)c2)CCCC1. The third-order valence-corrected chi connectivity index (χ3v) is 3.63. The van der Waals surface area contributed by atoms with E-state index in [0.29, 0.717) is 4.47 Å². The predicted octanol–water partition coefficient (Wildman–Crippen LogP) is 3.32. The van der Waals surface area contributed by atoms with Crippen LogP contribution in [0.15, 0.2) is 22.7 Å². The van der Waals surface area contributed by atoms with E-state index in [1.165, 1.54) is 0 Å². The molecule has 2 rings (SSSR count). The molecule has 0 unspecified atom stereocenters. The molecule has 76 valence electrons. The third-order valence-electron chi connectivity index (χ3n) is 2.99. The van der Waals surface area contributed by atoms with E-state index in [2.05, 4.69) is 15.9 Å². The lowest BCUT2D eigenvalue weighted by Crippen LogP contribution is -2.33. The van der Waals surface area contributed by atoms with Crippen molar-refractivity contribution in [3.63, 3.8) is 0 Å². The Morgan fingerprint density at radius 3 is 2.50 bits per heavy atom. The zero-order valence-corrected chi connectivity index (χ0v) is 9.48. The molecular formula is C11H13BrFN. The Labute approximate surface area is 91.6 Å². The van der Waals surface area contributed by atoms with Crippen molar-refractivity contribution in [1.82, 2.24) is 0 Å². The Morgan fingerprint density at radius 1 is 1.29 bits per heavy atom. The second-order valence-corrected chi connectivity index (χ2v) is 4.85. The van der Waals surface area contributed by atoms with E-state index in [0.717, 1.165) is 31.2 Å². The Bertz CT molecular complexity index is 345. The van der Waals surface area contributed by atoms with Gasteiger partial charge >= 0.3 is 0 Å². The molecule has 0 radical (unpaired) electrons. The largest absolute Gasteiger partial charge is 0.321 e. The van der Waals surface area contributed by atoms with Gasteiger partial charge in [0.15, 0.2) is 0 Å². The van der Waals surface area contributed by atoms with Gasteiger partial charge in [-0.05, 0) is 46.5 Å². The molecule has 1 aromatic rings. The van der Waals surface area contributed by atoms with Crippen LogP contribution >= 0.6 is 15.9 Å². The van der Waals surface area contributed by atoms with Gasteiger partial charge in [0.25, 0.3) is 0 Å². The van der Waals surface area contributed by atoms with E-state index in [4.69, 9.17) is 5.73 Å². The fourth-order valence-electron chi connectivity index (χ4n) is 2.10. The van der Waals surface area contributed by atoms with Crippen molar-refractivity contribution in [2.75, 3.05) is 0 Å². The van der Waals surface area contributed by atoms with Crippen LogP contribution in [-0.4, -0.2) is 0 Å². The van der Waals surface area contributed by atoms with Gasteiger partial charge in [0.1, 0.15) is 5.82 Å². The summed E-state index contributed by atoms with van der Waals surface area (Å²) in [7, 11) is 0. The molecule has 1 aliphatic rings. The van der Waals surface area contributed by atoms with Crippen LogP contribution in [0.1, 0.15) is 31.2 Å². The lowest BCUT2D eigenvalue weighted by atomic mass is 9.89. The number of benzene rings is 1. The summed E-state index contributed by atoms with van der Waals surface area (Å²) in [6.45, 7) is 0. The summed E-state index contributed by atoms with van der Waals surface area (Å²) in [5.41, 5.74) is 6.85. The fraction of sp³-hybridized carbons (Fsp3) is 0.455. The van der Waals surface area contributed by atoms with Crippen molar-refractivity contribution in [3.05, 3.63) is 34.1 Å². The van der Waals surface area contributed by atoms with Gasteiger partial charge in [0, 0.05) is 5.54 Å². The van der Waals surface area contributed by atoms with Crippen LogP contribution in [0.2, 0.25) is 0 Å². The minimum atomic E-state index is -0.290. The number of hydrogen-bond acceptors (Lipinski definition) is 1. The molecule has 3 heteroatoms. The van der Waals surface area contributed by atoms with Crippen LogP contribution in [0.5, 0.6) is 0 Å².